The summed E-state index contributed by atoms with van der Waals surface area (Å²) in [5.41, 5.74) is 3.05. The largest absolute Gasteiger partial charge is 0.377 e. The fourth-order valence-corrected chi connectivity index (χ4v) is 2.68. The van der Waals surface area contributed by atoms with E-state index in [1.165, 1.54) is 0 Å². The summed E-state index contributed by atoms with van der Waals surface area (Å²) in [7, 11) is 2.00. The van der Waals surface area contributed by atoms with Crippen molar-refractivity contribution in [2.75, 3.05) is 5.32 Å². The maximum absolute atomic E-state index is 4.59. The van der Waals surface area contributed by atoms with Crippen LogP contribution in [0.3, 0.4) is 0 Å². The van der Waals surface area contributed by atoms with E-state index < -0.39 is 0 Å². The Balaban J connectivity index is 1.99. The van der Waals surface area contributed by atoms with Crippen molar-refractivity contribution in [1.29, 1.82) is 0 Å². The Bertz CT molecular complexity index is 764. The van der Waals surface area contributed by atoms with Crippen LogP contribution >= 0.6 is 15.9 Å². The summed E-state index contributed by atoms with van der Waals surface area (Å²) in [6, 6.07) is 8.18. The van der Waals surface area contributed by atoms with E-state index in [9.17, 15) is 0 Å². The molecule has 0 aliphatic rings. The molecule has 3 rings (SSSR count). The van der Waals surface area contributed by atoms with Gasteiger partial charge in [0.2, 0.25) is 0 Å². The predicted octanol–water partition coefficient (Wildman–Crippen LogP) is 3.65. The average molecular weight is 331 g/mol. The van der Waals surface area contributed by atoms with Gasteiger partial charge in [-0.05, 0) is 35.0 Å². The third-order valence-corrected chi connectivity index (χ3v) is 3.92. The Labute approximate surface area is 126 Å². The molecule has 0 spiro atoms. The number of hydrogen-bond donors (Lipinski definition) is 1. The molecule has 102 valence electrons. The normalized spacial score (nSPS) is 10.9. The highest BCUT2D eigenvalue weighted by Gasteiger charge is 2.07. The maximum atomic E-state index is 4.59. The van der Waals surface area contributed by atoms with Gasteiger partial charge >= 0.3 is 0 Å². The molecule has 1 aromatic carbocycles. The number of anilines is 1. The minimum absolute atomic E-state index is 0.689. The molecule has 0 fully saturated rings. The third kappa shape index (κ3) is 2.41. The smallest absolute Gasteiger partial charge is 0.127 e. The first-order chi connectivity index (χ1) is 9.65. The zero-order chi connectivity index (χ0) is 14.1. The highest BCUT2D eigenvalue weighted by molar-refractivity contribution is 9.10. The standard InChI is InChI=1S/C15H15BrN4/c1-10-8-13(18-9-14-17-6-7-20(14)2)11-4-3-5-12(16)15(11)19-10/h3-8H,9H2,1-2H3,(H,18,19). The van der Waals surface area contributed by atoms with Gasteiger partial charge in [0.25, 0.3) is 0 Å². The Morgan fingerprint density at radius 1 is 1.35 bits per heavy atom. The minimum atomic E-state index is 0.689. The van der Waals surface area contributed by atoms with Gasteiger partial charge in [0.05, 0.1) is 12.1 Å². The molecule has 2 heterocycles. The van der Waals surface area contributed by atoms with Gasteiger partial charge in [-0.1, -0.05) is 12.1 Å². The lowest BCUT2D eigenvalue weighted by atomic mass is 10.1. The molecule has 4 nitrogen and oxygen atoms in total. The Morgan fingerprint density at radius 2 is 2.20 bits per heavy atom. The number of nitrogens with one attached hydrogen (secondary N) is 1. The fraction of sp³-hybridized carbons (Fsp3) is 0.200. The summed E-state index contributed by atoms with van der Waals surface area (Å²) in [5.74, 6) is 1.00. The molecule has 0 unspecified atom stereocenters. The SMILES string of the molecule is Cc1cc(NCc2nccn2C)c2cccc(Br)c2n1. The van der Waals surface area contributed by atoms with Crippen LogP contribution in [0.5, 0.6) is 0 Å². The first-order valence-electron chi connectivity index (χ1n) is 6.41. The zero-order valence-corrected chi connectivity index (χ0v) is 13.0. The second-order valence-electron chi connectivity index (χ2n) is 4.76. The highest BCUT2D eigenvalue weighted by Crippen LogP contribution is 2.28. The molecule has 1 N–H and O–H groups in total. The molecule has 2 aromatic heterocycles. The molecule has 20 heavy (non-hydrogen) atoms. The second kappa shape index (κ2) is 5.25. The van der Waals surface area contributed by atoms with Crippen LogP contribution in [-0.2, 0) is 13.6 Å². The first kappa shape index (κ1) is 13.1. The molecule has 0 aliphatic heterocycles. The summed E-state index contributed by atoms with van der Waals surface area (Å²) >= 11 is 3.56. The van der Waals surface area contributed by atoms with E-state index in [0.29, 0.717) is 6.54 Å². The molecule has 0 amide bonds. The first-order valence-corrected chi connectivity index (χ1v) is 7.20. The number of nitrogens with zero attached hydrogens (tertiary/aromatic N) is 3. The highest BCUT2D eigenvalue weighted by atomic mass is 79.9. The number of fused-ring (bicyclic) bond motifs is 1. The van der Waals surface area contributed by atoms with Crippen molar-refractivity contribution < 1.29 is 0 Å². The Hall–Kier alpha value is -1.88. The van der Waals surface area contributed by atoms with Gasteiger partial charge in [0.15, 0.2) is 0 Å². The predicted molar refractivity (Wildman–Crippen MR) is 84.7 cm³/mol. The number of pyridine rings is 1. The van der Waals surface area contributed by atoms with Crippen LogP contribution in [0.1, 0.15) is 11.5 Å². The molecule has 0 atom stereocenters. The van der Waals surface area contributed by atoms with E-state index in [-0.39, 0.29) is 0 Å². The quantitative estimate of drug-likeness (QED) is 0.797. The number of rotatable bonds is 3. The van der Waals surface area contributed by atoms with Crippen molar-refractivity contribution in [3.63, 3.8) is 0 Å². The van der Waals surface area contributed by atoms with Crippen molar-refractivity contribution in [2.45, 2.75) is 13.5 Å². The van der Waals surface area contributed by atoms with Crippen molar-refractivity contribution in [3.8, 4) is 0 Å². The van der Waals surface area contributed by atoms with E-state index in [1.807, 2.05) is 43.1 Å². The van der Waals surface area contributed by atoms with Gasteiger partial charge in [0.1, 0.15) is 5.82 Å². The van der Waals surface area contributed by atoms with Gasteiger partial charge in [-0.25, -0.2) is 4.98 Å². The molecule has 0 saturated carbocycles. The molecule has 5 heteroatoms. The molecule has 0 aliphatic carbocycles. The fourth-order valence-electron chi connectivity index (χ4n) is 2.23. The number of imidazole rings is 1. The van der Waals surface area contributed by atoms with Gasteiger partial charge in [-0.2, -0.15) is 0 Å². The topological polar surface area (TPSA) is 42.7 Å². The monoisotopic (exact) mass is 330 g/mol. The zero-order valence-electron chi connectivity index (χ0n) is 11.4. The number of para-hydroxylation sites is 1. The van der Waals surface area contributed by atoms with Crippen molar-refractivity contribution >= 4 is 32.5 Å². The van der Waals surface area contributed by atoms with E-state index in [0.717, 1.165) is 32.6 Å². The summed E-state index contributed by atoms with van der Waals surface area (Å²) in [6.45, 7) is 2.69. The lowest BCUT2D eigenvalue weighted by Crippen LogP contribution is -2.06. The van der Waals surface area contributed by atoms with Crippen LogP contribution in [0.25, 0.3) is 10.9 Å². The Kier molecular flexibility index (Phi) is 3.44. The van der Waals surface area contributed by atoms with Crippen LogP contribution in [0.15, 0.2) is 41.1 Å². The number of benzene rings is 1. The van der Waals surface area contributed by atoms with Crippen LogP contribution in [0.2, 0.25) is 0 Å². The van der Waals surface area contributed by atoms with E-state index in [2.05, 4.69) is 43.3 Å². The van der Waals surface area contributed by atoms with Crippen molar-refractivity contribution in [2.24, 2.45) is 7.05 Å². The van der Waals surface area contributed by atoms with E-state index >= 15 is 0 Å². The van der Waals surface area contributed by atoms with E-state index in [1.54, 1.807) is 0 Å². The maximum Gasteiger partial charge on any atom is 0.127 e. The van der Waals surface area contributed by atoms with Crippen LogP contribution in [-0.4, -0.2) is 14.5 Å². The minimum Gasteiger partial charge on any atom is -0.377 e. The van der Waals surface area contributed by atoms with Gasteiger partial charge in [0, 0.05) is 40.7 Å². The summed E-state index contributed by atoms with van der Waals surface area (Å²) in [6.07, 6.45) is 3.76. The van der Waals surface area contributed by atoms with Crippen LogP contribution in [0, 0.1) is 6.92 Å². The molecule has 0 radical (unpaired) electrons. The number of aromatic nitrogens is 3. The van der Waals surface area contributed by atoms with Crippen LogP contribution in [0.4, 0.5) is 5.69 Å². The van der Waals surface area contributed by atoms with E-state index in [4.69, 9.17) is 0 Å². The summed E-state index contributed by atoms with van der Waals surface area (Å²) in [5, 5.41) is 4.57. The molecular formula is C15H15BrN4. The van der Waals surface area contributed by atoms with Crippen LogP contribution < -0.4 is 5.32 Å². The van der Waals surface area contributed by atoms with Gasteiger partial charge < -0.3 is 9.88 Å². The summed E-state index contributed by atoms with van der Waals surface area (Å²) < 4.78 is 3.03. The molecule has 0 bridgehead atoms. The number of hydrogen-bond acceptors (Lipinski definition) is 3. The molecule has 0 saturated heterocycles. The third-order valence-electron chi connectivity index (χ3n) is 3.28. The number of halogens is 1. The second-order valence-corrected chi connectivity index (χ2v) is 5.61. The average Bonchev–Trinajstić information content (AvgIpc) is 2.83. The molecule has 3 aromatic rings. The summed E-state index contributed by atoms with van der Waals surface area (Å²) in [4.78, 5) is 8.92. The lowest BCUT2D eigenvalue weighted by molar-refractivity contribution is 0.813. The van der Waals surface area contributed by atoms with Crippen molar-refractivity contribution in [1.82, 2.24) is 14.5 Å². The van der Waals surface area contributed by atoms with Crippen molar-refractivity contribution in [3.05, 3.63) is 52.7 Å². The van der Waals surface area contributed by atoms with Gasteiger partial charge in [-0.15, -0.1) is 0 Å². The molecular weight excluding hydrogens is 316 g/mol. The number of aryl methyl sites for hydroxylation is 2. The Morgan fingerprint density at radius 3 is 2.95 bits per heavy atom. The lowest BCUT2D eigenvalue weighted by Gasteiger charge is -2.11. The van der Waals surface area contributed by atoms with Gasteiger partial charge in [-0.3, -0.25) is 4.98 Å².